The van der Waals surface area contributed by atoms with Crippen molar-refractivity contribution in [1.29, 1.82) is 0 Å². The number of aromatic hydroxyl groups is 1. The molecule has 0 unspecified atom stereocenters. The normalized spacial score (nSPS) is 11.1. The molecule has 0 saturated heterocycles. The van der Waals surface area contributed by atoms with Gasteiger partial charge in [-0.15, -0.1) is 0 Å². The first kappa shape index (κ1) is 16.1. The number of aromatic nitrogens is 3. The van der Waals surface area contributed by atoms with Crippen LogP contribution in [-0.2, 0) is 18.3 Å². The van der Waals surface area contributed by atoms with E-state index in [9.17, 15) is 9.90 Å². The number of benzene rings is 1. The zero-order valence-corrected chi connectivity index (χ0v) is 13.9. The zero-order chi connectivity index (χ0) is 17.3. The van der Waals surface area contributed by atoms with Gasteiger partial charge in [0, 0.05) is 49.6 Å². The quantitative estimate of drug-likeness (QED) is 0.750. The van der Waals surface area contributed by atoms with Gasteiger partial charge in [-0.3, -0.25) is 4.79 Å². The van der Waals surface area contributed by atoms with Crippen LogP contribution in [0.25, 0.3) is 10.9 Å². The molecule has 0 saturated carbocycles. The summed E-state index contributed by atoms with van der Waals surface area (Å²) in [6.45, 7) is 3.02. The Morgan fingerprint density at radius 2 is 2.17 bits per heavy atom. The molecule has 24 heavy (non-hydrogen) atoms. The Bertz CT molecular complexity index is 943. The van der Waals surface area contributed by atoms with Gasteiger partial charge in [-0.2, -0.15) is 5.10 Å². The maximum atomic E-state index is 12.0. The van der Waals surface area contributed by atoms with E-state index in [0.717, 1.165) is 10.9 Å². The van der Waals surface area contributed by atoms with Crippen LogP contribution >= 0.6 is 0 Å². The number of anilines is 2. The van der Waals surface area contributed by atoms with Crippen LogP contribution in [0.2, 0.25) is 0 Å². The van der Waals surface area contributed by atoms with Crippen molar-refractivity contribution in [1.82, 2.24) is 14.3 Å². The summed E-state index contributed by atoms with van der Waals surface area (Å²) in [6.07, 6.45) is 3.51. The van der Waals surface area contributed by atoms with E-state index in [2.05, 4.69) is 10.4 Å². The lowest BCUT2D eigenvalue weighted by Crippen LogP contribution is -2.22. The van der Waals surface area contributed by atoms with Gasteiger partial charge in [-0.05, 0) is 19.1 Å². The van der Waals surface area contributed by atoms with E-state index in [1.165, 1.54) is 4.68 Å². The molecule has 126 valence electrons. The molecule has 2 N–H and O–H groups in total. The highest BCUT2D eigenvalue weighted by atomic mass is 16.5. The molecule has 7 heteroatoms. The number of nitrogens with one attached hydrogen (secondary N) is 1. The molecule has 1 aromatic carbocycles. The first-order valence-corrected chi connectivity index (χ1v) is 7.62. The fourth-order valence-corrected chi connectivity index (χ4v) is 2.67. The second kappa shape index (κ2) is 6.37. The van der Waals surface area contributed by atoms with Crippen LogP contribution in [0.15, 0.2) is 35.4 Å². The molecule has 2 heterocycles. The minimum atomic E-state index is -0.159. The summed E-state index contributed by atoms with van der Waals surface area (Å²) in [5.41, 5.74) is 2.61. The molecular formula is C17H20N4O3. The van der Waals surface area contributed by atoms with Crippen LogP contribution < -0.4 is 10.9 Å². The summed E-state index contributed by atoms with van der Waals surface area (Å²) in [5, 5.41) is 18.2. The van der Waals surface area contributed by atoms with E-state index < -0.39 is 0 Å². The average molecular weight is 328 g/mol. The van der Waals surface area contributed by atoms with E-state index >= 15 is 0 Å². The fourth-order valence-electron chi connectivity index (χ4n) is 2.67. The SMILES string of the molecule is COCCn1ccc2c(O)cc(Nc3cnn(C)c(=O)c3C)cc21. The summed E-state index contributed by atoms with van der Waals surface area (Å²) in [7, 11) is 3.27. The number of phenolic OH excluding ortho intramolecular Hbond substituents is 1. The van der Waals surface area contributed by atoms with E-state index in [-0.39, 0.29) is 11.3 Å². The predicted molar refractivity (Wildman–Crippen MR) is 93.0 cm³/mol. The lowest BCUT2D eigenvalue weighted by atomic mass is 10.2. The number of methoxy groups -OCH3 is 1. The van der Waals surface area contributed by atoms with Crippen molar-refractivity contribution in [2.45, 2.75) is 13.5 Å². The van der Waals surface area contributed by atoms with Crippen molar-refractivity contribution in [2.24, 2.45) is 7.05 Å². The smallest absolute Gasteiger partial charge is 0.271 e. The number of rotatable bonds is 5. The van der Waals surface area contributed by atoms with Crippen molar-refractivity contribution in [3.05, 3.63) is 46.5 Å². The molecule has 0 aliphatic carbocycles. The molecule has 2 aromatic heterocycles. The van der Waals surface area contributed by atoms with E-state index in [1.807, 2.05) is 22.9 Å². The van der Waals surface area contributed by atoms with Crippen LogP contribution in [-0.4, -0.2) is 33.2 Å². The molecule has 0 aliphatic rings. The maximum Gasteiger partial charge on any atom is 0.271 e. The first-order chi connectivity index (χ1) is 11.5. The Morgan fingerprint density at radius 3 is 2.92 bits per heavy atom. The fraction of sp³-hybridized carbons (Fsp3) is 0.294. The van der Waals surface area contributed by atoms with Gasteiger partial charge in [0.05, 0.1) is 24.0 Å². The first-order valence-electron chi connectivity index (χ1n) is 7.62. The number of ether oxygens (including phenoxy) is 1. The molecule has 0 fully saturated rings. The summed E-state index contributed by atoms with van der Waals surface area (Å²) in [4.78, 5) is 12.0. The molecule has 0 bridgehead atoms. The minimum Gasteiger partial charge on any atom is -0.507 e. The Labute approximate surface area is 139 Å². The number of aryl methyl sites for hydroxylation is 1. The molecule has 0 atom stereocenters. The Morgan fingerprint density at radius 1 is 1.38 bits per heavy atom. The highest BCUT2D eigenvalue weighted by Gasteiger charge is 2.10. The van der Waals surface area contributed by atoms with Crippen LogP contribution in [0.3, 0.4) is 0 Å². The monoisotopic (exact) mass is 328 g/mol. The van der Waals surface area contributed by atoms with Gasteiger partial charge in [0.25, 0.3) is 5.56 Å². The van der Waals surface area contributed by atoms with Gasteiger partial charge in [0.1, 0.15) is 5.75 Å². The van der Waals surface area contributed by atoms with Gasteiger partial charge in [-0.25, -0.2) is 4.68 Å². The van der Waals surface area contributed by atoms with Gasteiger partial charge in [0.15, 0.2) is 0 Å². The predicted octanol–water partition coefficient (Wildman–Crippen LogP) is 2.14. The molecule has 3 aromatic rings. The molecular weight excluding hydrogens is 308 g/mol. The van der Waals surface area contributed by atoms with Crippen LogP contribution in [0.4, 0.5) is 11.4 Å². The van der Waals surface area contributed by atoms with Crippen molar-refractivity contribution < 1.29 is 9.84 Å². The molecule has 0 spiro atoms. The molecule has 0 aliphatic heterocycles. The Balaban J connectivity index is 2.01. The number of fused-ring (bicyclic) bond motifs is 1. The highest BCUT2D eigenvalue weighted by Crippen LogP contribution is 2.31. The van der Waals surface area contributed by atoms with Gasteiger partial charge < -0.3 is 19.7 Å². The minimum absolute atomic E-state index is 0.159. The Hall–Kier alpha value is -2.80. The standard InChI is InChI=1S/C17H20N4O3/c1-11-14(10-18-20(2)17(11)23)19-12-8-15-13(16(22)9-12)4-5-21(15)6-7-24-3/h4-5,8-10,19,22H,6-7H2,1-3H3. The average Bonchev–Trinajstić information content (AvgIpc) is 2.97. The van der Waals surface area contributed by atoms with Crippen LogP contribution in [0, 0.1) is 6.92 Å². The number of phenols is 1. The largest absolute Gasteiger partial charge is 0.507 e. The van der Waals surface area contributed by atoms with E-state index in [1.54, 1.807) is 33.3 Å². The van der Waals surface area contributed by atoms with Crippen molar-refractivity contribution >= 4 is 22.3 Å². The molecule has 0 amide bonds. The maximum absolute atomic E-state index is 12.0. The summed E-state index contributed by atoms with van der Waals surface area (Å²) in [5.74, 6) is 0.181. The molecule has 3 rings (SSSR count). The van der Waals surface area contributed by atoms with Gasteiger partial charge in [0.2, 0.25) is 0 Å². The summed E-state index contributed by atoms with van der Waals surface area (Å²) < 4.78 is 8.42. The van der Waals surface area contributed by atoms with E-state index in [4.69, 9.17) is 4.74 Å². The zero-order valence-electron chi connectivity index (χ0n) is 13.9. The lowest BCUT2D eigenvalue weighted by molar-refractivity contribution is 0.188. The van der Waals surface area contributed by atoms with Gasteiger partial charge in [-0.1, -0.05) is 0 Å². The lowest BCUT2D eigenvalue weighted by Gasteiger charge is -2.12. The third-order valence-electron chi connectivity index (χ3n) is 4.06. The van der Waals surface area contributed by atoms with Crippen molar-refractivity contribution in [3.8, 4) is 5.75 Å². The van der Waals surface area contributed by atoms with Gasteiger partial charge >= 0.3 is 0 Å². The topological polar surface area (TPSA) is 81.3 Å². The van der Waals surface area contributed by atoms with Crippen LogP contribution in [0.5, 0.6) is 5.75 Å². The number of hydrogen-bond acceptors (Lipinski definition) is 5. The van der Waals surface area contributed by atoms with Crippen molar-refractivity contribution in [3.63, 3.8) is 0 Å². The molecule has 0 radical (unpaired) electrons. The van der Waals surface area contributed by atoms with Crippen LogP contribution in [0.1, 0.15) is 5.56 Å². The third kappa shape index (κ3) is 2.85. The molecule has 7 nitrogen and oxygen atoms in total. The highest BCUT2D eigenvalue weighted by molar-refractivity contribution is 5.90. The van der Waals surface area contributed by atoms with E-state index in [0.29, 0.717) is 30.1 Å². The second-order valence-corrected chi connectivity index (χ2v) is 5.67. The summed E-state index contributed by atoms with van der Waals surface area (Å²) >= 11 is 0. The third-order valence-corrected chi connectivity index (χ3v) is 4.06. The second-order valence-electron chi connectivity index (χ2n) is 5.67. The summed E-state index contributed by atoms with van der Waals surface area (Å²) in [6, 6.07) is 5.44. The number of hydrogen-bond donors (Lipinski definition) is 2. The number of nitrogens with zero attached hydrogens (tertiary/aromatic N) is 3. The van der Waals surface area contributed by atoms with Crippen molar-refractivity contribution in [2.75, 3.05) is 19.0 Å². The Kier molecular flexibility index (Phi) is 4.26.